The maximum absolute atomic E-state index is 12.5. The summed E-state index contributed by atoms with van der Waals surface area (Å²) in [5, 5.41) is 13.3. The Bertz CT molecular complexity index is 873. The van der Waals surface area contributed by atoms with Crippen LogP contribution in [0.15, 0.2) is 53.3 Å². The van der Waals surface area contributed by atoms with Gasteiger partial charge in [-0.25, -0.2) is 0 Å². The number of rotatable bonds is 8. The standard InChI is InChI=1S/C23H25NO4/c1-14(25)18-7-15(8-18)11-21(26)19-9-16(10-19)12-22(27)23-13-20(24-28-23)17-5-3-2-4-6-17/h2-6,13,15-16,18-19,25H,1,7-12H2. The van der Waals surface area contributed by atoms with Crippen molar-refractivity contribution in [3.63, 3.8) is 0 Å². The van der Waals surface area contributed by atoms with Crippen molar-refractivity contribution in [2.75, 3.05) is 0 Å². The maximum atomic E-state index is 12.5. The zero-order valence-electron chi connectivity index (χ0n) is 15.8. The highest BCUT2D eigenvalue weighted by atomic mass is 16.5. The Morgan fingerprint density at radius 2 is 1.68 bits per heavy atom. The van der Waals surface area contributed by atoms with Crippen molar-refractivity contribution in [3.8, 4) is 11.3 Å². The molecule has 2 aliphatic carbocycles. The molecular weight excluding hydrogens is 354 g/mol. The second-order valence-corrected chi connectivity index (χ2v) is 8.30. The number of Topliss-reactive ketones (excluding diaryl/α,β-unsaturated/α-hetero) is 2. The summed E-state index contributed by atoms with van der Waals surface area (Å²) < 4.78 is 5.23. The van der Waals surface area contributed by atoms with Gasteiger partial charge in [0.15, 0.2) is 0 Å². The van der Waals surface area contributed by atoms with Crippen LogP contribution in [0.2, 0.25) is 0 Å². The van der Waals surface area contributed by atoms with Gasteiger partial charge in [-0.05, 0) is 37.5 Å². The summed E-state index contributed by atoms with van der Waals surface area (Å²) in [6.45, 7) is 3.56. The van der Waals surface area contributed by atoms with E-state index < -0.39 is 0 Å². The number of aromatic nitrogens is 1. The Labute approximate surface area is 164 Å². The molecule has 2 saturated carbocycles. The van der Waals surface area contributed by atoms with Crippen LogP contribution >= 0.6 is 0 Å². The van der Waals surface area contributed by atoms with Crippen LogP contribution in [0, 0.1) is 23.7 Å². The summed E-state index contributed by atoms with van der Waals surface area (Å²) in [6, 6.07) is 11.3. The number of benzene rings is 1. The third kappa shape index (κ3) is 3.93. The predicted molar refractivity (Wildman–Crippen MR) is 105 cm³/mol. The van der Waals surface area contributed by atoms with E-state index in [0.29, 0.717) is 36.0 Å². The molecule has 0 saturated heterocycles. The van der Waals surface area contributed by atoms with E-state index in [-0.39, 0.29) is 29.3 Å². The van der Waals surface area contributed by atoms with E-state index in [9.17, 15) is 14.7 Å². The molecule has 2 fully saturated rings. The molecule has 1 N–H and O–H groups in total. The fourth-order valence-corrected chi connectivity index (χ4v) is 4.31. The lowest BCUT2D eigenvalue weighted by molar-refractivity contribution is -0.128. The van der Waals surface area contributed by atoms with E-state index in [1.165, 1.54) is 0 Å². The van der Waals surface area contributed by atoms with Crippen LogP contribution in [-0.4, -0.2) is 21.8 Å². The Morgan fingerprint density at radius 1 is 1.04 bits per heavy atom. The van der Waals surface area contributed by atoms with Crippen LogP contribution in [0.3, 0.4) is 0 Å². The normalized spacial score (nSPS) is 26.1. The molecule has 2 aliphatic rings. The molecule has 0 spiro atoms. The number of allylic oxidation sites excluding steroid dienone is 1. The first-order valence-electron chi connectivity index (χ1n) is 9.95. The molecule has 0 unspecified atom stereocenters. The number of ketones is 2. The monoisotopic (exact) mass is 379 g/mol. The average Bonchev–Trinajstić information content (AvgIpc) is 3.10. The van der Waals surface area contributed by atoms with Gasteiger partial charge >= 0.3 is 0 Å². The van der Waals surface area contributed by atoms with Gasteiger partial charge in [0.05, 0.1) is 5.76 Å². The molecule has 146 valence electrons. The van der Waals surface area contributed by atoms with Gasteiger partial charge in [0.25, 0.3) is 0 Å². The number of aliphatic hydroxyl groups is 1. The average molecular weight is 379 g/mol. The molecule has 2 aromatic rings. The van der Waals surface area contributed by atoms with E-state index in [1.807, 2.05) is 30.3 Å². The first kappa shape index (κ1) is 18.7. The molecule has 0 atom stereocenters. The van der Waals surface area contributed by atoms with Gasteiger partial charge in [0.1, 0.15) is 11.5 Å². The minimum atomic E-state index is -0.0473. The third-order valence-electron chi connectivity index (χ3n) is 6.22. The summed E-state index contributed by atoms with van der Waals surface area (Å²) in [7, 11) is 0. The summed E-state index contributed by atoms with van der Waals surface area (Å²) >= 11 is 0. The number of carbonyl (C=O) groups is 2. The quantitative estimate of drug-likeness (QED) is 0.516. The van der Waals surface area contributed by atoms with Gasteiger partial charge in [-0.3, -0.25) is 9.59 Å². The summed E-state index contributed by atoms with van der Waals surface area (Å²) in [5.74, 6) is 1.68. The van der Waals surface area contributed by atoms with Crippen molar-refractivity contribution in [1.82, 2.24) is 5.16 Å². The highest BCUT2D eigenvalue weighted by Gasteiger charge is 2.39. The van der Waals surface area contributed by atoms with Crippen LogP contribution in [0.5, 0.6) is 0 Å². The number of aliphatic hydroxyl groups excluding tert-OH is 1. The van der Waals surface area contributed by atoms with Gasteiger partial charge in [-0.2, -0.15) is 0 Å². The van der Waals surface area contributed by atoms with Crippen molar-refractivity contribution in [1.29, 1.82) is 0 Å². The van der Waals surface area contributed by atoms with E-state index in [2.05, 4.69) is 11.7 Å². The zero-order valence-corrected chi connectivity index (χ0v) is 15.8. The molecule has 0 bridgehead atoms. The Hall–Kier alpha value is -2.69. The molecule has 1 aromatic carbocycles. The van der Waals surface area contributed by atoms with Gasteiger partial charge in [0, 0.05) is 36.3 Å². The lowest BCUT2D eigenvalue weighted by Crippen LogP contribution is -2.35. The summed E-state index contributed by atoms with van der Waals surface area (Å²) in [4.78, 5) is 24.8. The second-order valence-electron chi connectivity index (χ2n) is 8.30. The first-order valence-corrected chi connectivity index (χ1v) is 9.95. The maximum Gasteiger partial charge on any atom is 0.203 e. The lowest BCUT2D eigenvalue weighted by atomic mass is 9.66. The highest BCUT2D eigenvalue weighted by molar-refractivity contribution is 5.94. The minimum absolute atomic E-state index is 0.0473. The molecule has 5 heteroatoms. The second kappa shape index (κ2) is 7.74. The topological polar surface area (TPSA) is 80.4 Å². The van der Waals surface area contributed by atoms with Crippen LogP contribution in [0.1, 0.15) is 49.1 Å². The Balaban J connectivity index is 1.22. The van der Waals surface area contributed by atoms with E-state index in [0.717, 1.165) is 31.2 Å². The molecule has 0 amide bonds. The smallest absolute Gasteiger partial charge is 0.203 e. The largest absolute Gasteiger partial charge is 0.513 e. The van der Waals surface area contributed by atoms with E-state index in [4.69, 9.17) is 4.52 Å². The molecular formula is C23H25NO4. The van der Waals surface area contributed by atoms with Crippen LogP contribution < -0.4 is 0 Å². The number of carbonyl (C=O) groups excluding carboxylic acids is 2. The fourth-order valence-electron chi connectivity index (χ4n) is 4.31. The molecule has 4 rings (SSSR count). The summed E-state index contributed by atoms with van der Waals surface area (Å²) in [6.07, 6.45) is 4.30. The van der Waals surface area contributed by atoms with Crippen molar-refractivity contribution in [2.24, 2.45) is 23.7 Å². The van der Waals surface area contributed by atoms with Crippen molar-refractivity contribution in [2.45, 2.75) is 38.5 Å². The molecule has 1 aromatic heterocycles. The molecule has 28 heavy (non-hydrogen) atoms. The zero-order chi connectivity index (χ0) is 19.7. The number of hydrogen-bond donors (Lipinski definition) is 1. The third-order valence-corrected chi connectivity index (χ3v) is 6.22. The van der Waals surface area contributed by atoms with Gasteiger partial charge in [-0.1, -0.05) is 42.1 Å². The molecule has 0 aliphatic heterocycles. The van der Waals surface area contributed by atoms with E-state index >= 15 is 0 Å². The van der Waals surface area contributed by atoms with Gasteiger partial charge < -0.3 is 9.63 Å². The SMILES string of the molecule is C=C(O)C1CC(CC(=O)C2CC(CC(=O)c3cc(-c4ccccc4)no3)C2)C1. The Kier molecular flexibility index (Phi) is 5.16. The van der Waals surface area contributed by atoms with E-state index in [1.54, 1.807) is 6.07 Å². The molecule has 1 heterocycles. The van der Waals surface area contributed by atoms with Crippen LogP contribution in [0.4, 0.5) is 0 Å². The lowest BCUT2D eigenvalue weighted by Gasteiger charge is -2.38. The van der Waals surface area contributed by atoms with Crippen LogP contribution in [-0.2, 0) is 4.79 Å². The molecule has 0 radical (unpaired) electrons. The minimum Gasteiger partial charge on any atom is -0.513 e. The van der Waals surface area contributed by atoms with Crippen LogP contribution in [0.25, 0.3) is 11.3 Å². The van der Waals surface area contributed by atoms with Crippen molar-refractivity contribution < 1.29 is 19.2 Å². The van der Waals surface area contributed by atoms with Crippen molar-refractivity contribution in [3.05, 3.63) is 54.5 Å². The van der Waals surface area contributed by atoms with Gasteiger partial charge in [-0.15, -0.1) is 0 Å². The highest BCUT2D eigenvalue weighted by Crippen LogP contribution is 2.43. The first-order chi connectivity index (χ1) is 13.5. The van der Waals surface area contributed by atoms with Gasteiger partial charge in [0.2, 0.25) is 11.5 Å². The predicted octanol–water partition coefficient (Wildman–Crippen LogP) is 5.00. The molecule has 5 nitrogen and oxygen atoms in total. The Morgan fingerprint density at radius 3 is 2.36 bits per heavy atom. The number of nitrogens with zero attached hydrogens (tertiary/aromatic N) is 1. The number of hydrogen-bond acceptors (Lipinski definition) is 5. The van der Waals surface area contributed by atoms with Crippen molar-refractivity contribution >= 4 is 11.6 Å². The summed E-state index contributed by atoms with van der Waals surface area (Å²) in [5.41, 5.74) is 1.58. The fraction of sp³-hybridized carbons (Fsp3) is 0.435.